The van der Waals surface area contributed by atoms with Crippen LogP contribution in [0, 0.1) is 6.92 Å². The van der Waals surface area contributed by atoms with Crippen molar-refractivity contribution in [3.8, 4) is 0 Å². The molecule has 1 amide bonds. The molecule has 2 aromatic rings. The standard InChI is InChI=1S/C11H8BrClN2O2/c1-6-2-3-9(17-6)11(16)15-8-4-7(12)5-14-10(8)13/h2-5H,1H3,(H,15,16). The Balaban J connectivity index is 2.21. The normalized spacial score (nSPS) is 10.3. The van der Waals surface area contributed by atoms with Gasteiger partial charge in [0.2, 0.25) is 0 Å². The van der Waals surface area contributed by atoms with Crippen LogP contribution in [0.1, 0.15) is 16.3 Å². The van der Waals surface area contributed by atoms with Gasteiger partial charge in [-0.2, -0.15) is 0 Å². The maximum Gasteiger partial charge on any atom is 0.291 e. The molecule has 17 heavy (non-hydrogen) atoms. The summed E-state index contributed by atoms with van der Waals surface area (Å²) in [5, 5.41) is 2.85. The molecule has 0 spiro atoms. The average Bonchev–Trinajstić information content (AvgIpc) is 2.70. The summed E-state index contributed by atoms with van der Waals surface area (Å²) in [5.41, 5.74) is 0.431. The Bertz CT molecular complexity index is 568. The molecule has 2 aromatic heterocycles. The van der Waals surface area contributed by atoms with Gasteiger partial charge in [-0.15, -0.1) is 0 Å². The van der Waals surface area contributed by atoms with E-state index < -0.39 is 0 Å². The van der Waals surface area contributed by atoms with Crippen molar-refractivity contribution < 1.29 is 9.21 Å². The van der Waals surface area contributed by atoms with Gasteiger partial charge in [0.05, 0.1) is 5.69 Å². The van der Waals surface area contributed by atoms with Gasteiger partial charge in [-0.05, 0) is 41.1 Å². The molecule has 0 aromatic carbocycles. The zero-order chi connectivity index (χ0) is 12.4. The van der Waals surface area contributed by atoms with Gasteiger partial charge in [0.15, 0.2) is 10.9 Å². The third-order valence-electron chi connectivity index (χ3n) is 2.02. The molecule has 4 nitrogen and oxygen atoms in total. The fourth-order valence-electron chi connectivity index (χ4n) is 1.25. The fraction of sp³-hybridized carbons (Fsp3) is 0.0909. The first-order valence-corrected chi connectivity index (χ1v) is 5.92. The first kappa shape index (κ1) is 12.1. The van der Waals surface area contributed by atoms with Crippen LogP contribution in [0.2, 0.25) is 5.15 Å². The second-order valence-corrected chi connectivity index (χ2v) is 4.63. The molecule has 2 rings (SSSR count). The quantitative estimate of drug-likeness (QED) is 0.861. The number of pyridine rings is 1. The van der Waals surface area contributed by atoms with Crippen LogP contribution in [-0.2, 0) is 0 Å². The van der Waals surface area contributed by atoms with E-state index in [4.69, 9.17) is 16.0 Å². The Morgan fingerprint density at radius 1 is 1.53 bits per heavy atom. The highest BCUT2D eigenvalue weighted by molar-refractivity contribution is 9.10. The van der Waals surface area contributed by atoms with Crippen molar-refractivity contribution in [2.75, 3.05) is 5.32 Å². The lowest BCUT2D eigenvalue weighted by Crippen LogP contribution is -2.11. The molecule has 2 heterocycles. The monoisotopic (exact) mass is 314 g/mol. The van der Waals surface area contributed by atoms with Crippen molar-refractivity contribution in [1.29, 1.82) is 0 Å². The summed E-state index contributed by atoms with van der Waals surface area (Å²) in [6, 6.07) is 4.99. The van der Waals surface area contributed by atoms with Crippen LogP contribution >= 0.6 is 27.5 Å². The SMILES string of the molecule is Cc1ccc(C(=O)Nc2cc(Br)cnc2Cl)o1. The van der Waals surface area contributed by atoms with Gasteiger partial charge in [0.1, 0.15) is 5.76 Å². The minimum absolute atomic E-state index is 0.227. The highest BCUT2D eigenvalue weighted by Gasteiger charge is 2.12. The van der Waals surface area contributed by atoms with Crippen LogP contribution in [-0.4, -0.2) is 10.9 Å². The summed E-state index contributed by atoms with van der Waals surface area (Å²) >= 11 is 9.11. The number of aromatic nitrogens is 1. The van der Waals surface area contributed by atoms with Gasteiger partial charge < -0.3 is 9.73 Å². The Labute approximate surface area is 111 Å². The topological polar surface area (TPSA) is 55.1 Å². The molecule has 1 N–H and O–H groups in total. The first-order valence-electron chi connectivity index (χ1n) is 4.75. The lowest BCUT2D eigenvalue weighted by Gasteiger charge is -2.05. The summed E-state index contributed by atoms with van der Waals surface area (Å²) in [6.07, 6.45) is 1.55. The van der Waals surface area contributed by atoms with E-state index >= 15 is 0 Å². The number of aryl methyl sites for hydroxylation is 1. The second-order valence-electron chi connectivity index (χ2n) is 3.36. The maximum absolute atomic E-state index is 11.8. The smallest absolute Gasteiger partial charge is 0.291 e. The summed E-state index contributed by atoms with van der Waals surface area (Å²) < 4.78 is 5.93. The second kappa shape index (κ2) is 4.89. The van der Waals surface area contributed by atoms with Gasteiger partial charge >= 0.3 is 0 Å². The van der Waals surface area contributed by atoms with Gasteiger partial charge in [-0.3, -0.25) is 4.79 Å². The average molecular weight is 316 g/mol. The summed E-state index contributed by atoms with van der Waals surface area (Å²) in [7, 11) is 0. The maximum atomic E-state index is 11.8. The number of anilines is 1. The van der Waals surface area contributed by atoms with E-state index in [9.17, 15) is 4.79 Å². The summed E-state index contributed by atoms with van der Waals surface area (Å²) in [4.78, 5) is 15.7. The minimum atomic E-state index is -0.361. The Morgan fingerprint density at radius 2 is 2.29 bits per heavy atom. The van der Waals surface area contributed by atoms with Crippen molar-refractivity contribution in [2.45, 2.75) is 6.92 Å². The molecule has 0 bridgehead atoms. The molecule has 0 fully saturated rings. The van der Waals surface area contributed by atoms with E-state index in [-0.39, 0.29) is 16.8 Å². The Kier molecular flexibility index (Phi) is 3.49. The largest absolute Gasteiger partial charge is 0.456 e. The highest BCUT2D eigenvalue weighted by atomic mass is 79.9. The number of halogens is 2. The molecule has 0 aliphatic heterocycles. The van der Waals surface area contributed by atoms with Gasteiger partial charge in [-0.1, -0.05) is 11.6 Å². The van der Waals surface area contributed by atoms with Crippen LogP contribution in [0.4, 0.5) is 5.69 Å². The summed E-state index contributed by atoms with van der Waals surface area (Å²) in [6.45, 7) is 1.77. The number of carbonyl (C=O) groups is 1. The zero-order valence-corrected chi connectivity index (χ0v) is 11.2. The fourth-order valence-corrected chi connectivity index (χ4v) is 1.73. The van der Waals surface area contributed by atoms with E-state index in [1.807, 2.05) is 0 Å². The van der Waals surface area contributed by atoms with Crippen molar-refractivity contribution in [1.82, 2.24) is 4.98 Å². The molecular weight excluding hydrogens is 307 g/mol. The zero-order valence-electron chi connectivity index (χ0n) is 8.83. The summed E-state index contributed by atoms with van der Waals surface area (Å²) in [5.74, 6) is 0.548. The van der Waals surface area contributed by atoms with E-state index in [1.54, 1.807) is 31.3 Å². The molecular formula is C11H8BrClN2O2. The number of hydrogen-bond donors (Lipinski definition) is 1. The van der Waals surface area contributed by atoms with Crippen molar-refractivity contribution in [2.24, 2.45) is 0 Å². The molecule has 0 unspecified atom stereocenters. The lowest BCUT2D eigenvalue weighted by molar-refractivity contribution is 0.0995. The Hall–Kier alpha value is -1.33. The van der Waals surface area contributed by atoms with Crippen LogP contribution in [0.25, 0.3) is 0 Å². The van der Waals surface area contributed by atoms with Crippen LogP contribution < -0.4 is 5.32 Å². The van der Waals surface area contributed by atoms with Gasteiger partial charge in [-0.25, -0.2) is 4.98 Å². The van der Waals surface area contributed by atoms with Crippen molar-refractivity contribution >= 4 is 39.1 Å². The predicted molar refractivity (Wildman–Crippen MR) is 68.3 cm³/mol. The predicted octanol–water partition coefficient (Wildman–Crippen LogP) is 3.65. The minimum Gasteiger partial charge on any atom is -0.456 e. The molecule has 88 valence electrons. The lowest BCUT2D eigenvalue weighted by atomic mass is 10.3. The number of hydrogen-bond acceptors (Lipinski definition) is 3. The third-order valence-corrected chi connectivity index (χ3v) is 2.75. The van der Waals surface area contributed by atoms with E-state index in [0.29, 0.717) is 11.4 Å². The van der Waals surface area contributed by atoms with Crippen LogP contribution in [0.15, 0.2) is 33.3 Å². The highest BCUT2D eigenvalue weighted by Crippen LogP contribution is 2.23. The van der Waals surface area contributed by atoms with E-state index in [2.05, 4.69) is 26.2 Å². The number of carbonyl (C=O) groups excluding carboxylic acids is 1. The molecule has 0 radical (unpaired) electrons. The van der Waals surface area contributed by atoms with Crippen LogP contribution in [0.3, 0.4) is 0 Å². The van der Waals surface area contributed by atoms with E-state index in [0.717, 1.165) is 4.47 Å². The molecule has 6 heteroatoms. The number of rotatable bonds is 2. The molecule has 0 saturated carbocycles. The first-order chi connectivity index (χ1) is 8.06. The van der Waals surface area contributed by atoms with Crippen molar-refractivity contribution in [3.05, 3.63) is 45.5 Å². The molecule has 0 aliphatic carbocycles. The Morgan fingerprint density at radius 3 is 2.94 bits per heavy atom. The third kappa shape index (κ3) is 2.87. The number of amides is 1. The van der Waals surface area contributed by atoms with Gasteiger partial charge in [0, 0.05) is 10.7 Å². The van der Waals surface area contributed by atoms with Crippen LogP contribution in [0.5, 0.6) is 0 Å². The van der Waals surface area contributed by atoms with Gasteiger partial charge in [0.25, 0.3) is 5.91 Å². The molecule has 0 saturated heterocycles. The van der Waals surface area contributed by atoms with E-state index in [1.165, 1.54) is 0 Å². The molecule has 0 aliphatic rings. The number of nitrogens with one attached hydrogen (secondary N) is 1. The van der Waals surface area contributed by atoms with Crippen molar-refractivity contribution in [3.63, 3.8) is 0 Å². The number of nitrogens with zero attached hydrogens (tertiary/aromatic N) is 1. The number of furan rings is 1. The molecule has 0 atom stereocenters.